The number of rotatable bonds is 3. The second-order valence-electron chi connectivity index (χ2n) is 3.86. The second-order valence-corrected chi connectivity index (χ2v) is 3.86. The van der Waals surface area contributed by atoms with Crippen LogP contribution in [-0.4, -0.2) is 14.6 Å². The van der Waals surface area contributed by atoms with Crippen LogP contribution >= 0.6 is 0 Å². The lowest BCUT2D eigenvalue weighted by Gasteiger charge is -2.12. The van der Waals surface area contributed by atoms with E-state index in [1.807, 2.05) is 0 Å². The maximum absolute atomic E-state index is 14.1. The summed E-state index contributed by atoms with van der Waals surface area (Å²) in [6.45, 7) is 0. The van der Waals surface area contributed by atoms with Crippen molar-refractivity contribution in [3.8, 4) is 0 Å². The minimum absolute atomic E-state index is 0.267. The first-order chi connectivity index (χ1) is 9.28. The topological polar surface area (TPSA) is 77.3 Å². The zero-order valence-electron chi connectivity index (χ0n) is 9.67. The number of aromatic nitrogens is 3. The SMILES string of the molecule is [O-]Nc1ccnc(Nc2ccn3nccc3c2F)c1. The van der Waals surface area contributed by atoms with Crippen LogP contribution in [0.15, 0.2) is 42.9 Å². The summed E-state index contributed by atoms with van der Waals surface area (Å²) in [6.07, 6.45) is 4.61. The zero-order valence-corrected chi connectivity index (χ0v) is 9.67. The summed E-state index contributed by atoms with van der Waals surface area (Å²) in [5, 5.41) is 17.3. The number of hydrogen-bond donors (Lipinski definition) is 2. The van der Waals surface area contributed by atoms with E-state index in [1.54, 1.807) is 23.8 Å². The van der Waals surface area contributed by atoms with Gasteiger partial charge in [-0.15, -0.1) is 0 Å². The van der Waals surface area contributed by atoms with Crippen molar-refractivity contribution in [3.05, 3.63) is 53.9 Å². The molecule has 0 aliphatic carbocycles. The molecule has 0 aliphatic rings. The molecule has 6 nitrogen and oxygen atoms in total. The number of nitrogens with zero attached hydrogens (tertiary/aromatic N) is 3. The van der Waals surface area contributed by atoms with Gasteiger partial charge < -0.3 is 16.0 Å². The number of fused-ring (bicyclic) bond motifs is 1. The van der Waals surface area contributed by atoms with Gasteiger partial charge in [0.15, 0.2) is 5.82 Å². The Morgan fingerprint density at radius 2 is 2.11 bits per heavy atom. The molecule has 0 spiro atoms. The van der Waals surface area contributed by atoms with Gasteiger partial charge in [-0.1, -0.05) is 0 Å². The van der Waals surface area contributed by atoms with Crippen LogP contribution in [-0.2, 0) is 0 Å². The van der Waals surface area contributed by atoms with Crippen molar-refractivity contribution in [1.29, 1.82) is 0 Å². The summed E-state index contributed by atoms with van der Waals surface area (Å²) < 4.78 is 15.6. The van der Waals surface area contributed by atoms with Crippen molar-refractivity contribution in [1.82, 2.24) is 14.6 Å². The maximum Gasteiger partial charge on any atom is 0.172 e. The summed E-state index contributed by atoms with van der Waals surface area (Å²) in [5.74, 6) is -0.0501. The van der Waals surface area contributed by atoms with Gasteiger partial charge in [-0.25, -0.2) is 13.9 Å². The Labute approximate surface area is 107 Å². The van der Waals surface area contributed by atoms with Crippen LogP contribution in [0.3, 0.4) is 0 Å². The van der Waals surface area contributed by atoms with Gasteiger partial charge >= 0.3 is 0 Å². The molecular formula is C12H9FN5O-. The molecule has 0 amide bonds. The van der Waals surface area contributed by atoms with E-state index in [0.29, 0.717) is 17.0 Å². The molecule has 0 saturated heterocycles. The molecule has 3 aromatic rings. The normalized spacial score (nSPS) is 10.6. The number of anilines is 3. The lowest BCUT2D eigenvalue weighted by molar-refractivity contribution is 0.634. The van der Waals surface area contributed by atoms with Gasteiger partial charge in [0.25, 0.3) is 0 Å². The Balaban J connectivity index is 1.98. The van der Waals surface area contributed by atoms with E-state index < -0.39 is 5.82 Å². The molecule has 2 N–H and O–H groups in total. The Bertz CT molecular complexity index is 727. The standard InChI is InChI=1S/C12H9FN5O/c13-12-9(3-6-18-10(12)2-5-15-18)16-11-7-8(17-19)1-4-14-11/h1-7H,(H2-,14,16,17,19)/q-1. The highest BCUT2D eigenvalue weighted by Crippen LogP contribution is 2.23. The fourth-order valence-electron chi connectivity index (χ4n) is 1.76. The summed E-state index contributed by atoms with van der Waals surface area (Å²) >= 11 is 0. The van der Waals surface area contributed by atoms with Crippen LogP contribution in [0.2, 0.25) is 0 Å². The van der Waals surface area contributed by atoms with E-state index in [2.05, 4.69) is 15.4 Å². The van der Waals surface area contributed by atoms with E-state index in [9.17, 15) is 9.60 Å². The van der Waals surface area contributed by atoms with Gasteiger partial charge in [0, 0.05) is 24.1 Å². The molecule has 0 atom stereocenters. The molecule has 96 valence electrons. The van der Waals surface area contributed by atoms with E-state index in [4.69, 9.17) is 0 Å². The Hall–Kier alpha value is -2.67. The number of pyridine rings is 2. The first kappa shape index (κ1) is 11.4. The summed E-state index contributed by atoms with van der Waals surface area (Å²) in [6, 6.07) is 6.14. The van der Waals surface area contributed by atoms with Gasteiger partial charge in [-0.3, -0.25) is 0 Å². The van der Waals surface area contributed by atoms with Crippen molar-refractivity contribution < 1.29 is 4.39 Å². The molecule has 0 bridgehead atoms. The lowest BCUT2D eigenvalue weighted by Crippen LogP contribution is -1.99. The van der Waals surface area contributed by atoms with Gasteiger partial charge in [0.1, 0.15) is 11.3 Å². The zero-order chi connectivity index (χ0) is 13.2. The summed E-state index contributed by atoms with van der Waals surface area (Å²) in [5.41, 5.74) is 2.74. The predicted octanol–water partition coefficient (Wildman–Crippen LogP) is 2.52. The van der Waals surface area contributed by atoms with Crippen LogP contribution in [0.1, 0.15) is 0 Å². The first-order valence-corrected chi connectivity index (χ1v) is 5.51. The van der Waals surface area contributed by atoms with Crippen molar-refractivity contribution in [3.63, 3.8) is 0 Å². The van der Waals surface area contributed by atoms with Crippen LogP contribution in [0.5, 0.6) is 0 Å². The molecule has 0 saturated carbocycles. The number of hydrogen-bond acceptors (Lipinski definition) is 5. The van der Waals surface area contributed by atoms with Gasteiger partial charge in [0.2, 0.25) is 0 Å². The third kappa shape index (κ3) is 2.06. The van der Waals surface area contributed by atoms with E-state index in [0.717, 1.165) is 0 Å². The Kier molecular flexibility index (Phi) is 2.73. The van der Waals surface area contributed by atoms with Crippen molar-refractivity contribution in [2.45, 2.75) is 0 Å². The second kappa shape index (κ2) is 4.54. The molecule has 3 heterocycles. The highest BCUT2D eigenvalue weighted by molar-refractivity contribution is 5.66. The molecule has 0 aromatic carbocycles. The number of halogens is 1. The third-order valence-corrected chi connectivity index (χ3v) is 2.65. The minimum Gasteiger partial charge on any atom is -0.761 e. The molecule has 0 aliphatic heterocycles. The van der Waals surface area contributed by atoms with E-state index in [1.165, 1.54) is 29.0 Å². The average Bonchev–Trinajstić information content (AvgIpc) is 2.91. The monoisotopic (exact) mass is 258 g/mol. The highest BCUT2D eigenvalue weighted by Gasteiger charge is 2.08. The molecule has 0 unspecified atom stereocenters. The van der Waals surface area contributed by atoms with Crippen LogP contribution in [0.4, 0.5) is 21.6 Å². The Morgan fingerprint density at radius 1 is 1.21 bits per heavy atom. The number of nitrogens with one attached hydrogen (secondary N) is 2. The van der Waals surface area contributed by atoms with Crippen LogP contribution in [0.25, 0.3) is 5.52 Å². The summed E-state index contributed by atoms with van der Waals surface area (Å²) in [7, 11) is 0. The van der Waals surface area contributed by atoms with Gasteiger partial charge in [-0.05, 0) is 18.2 Å². The Morgan fingerprint density at radius 3 is 2.95 bits per heavy atom. The average molecular weight is 258 g/mol. The molecule has 3 rings (SSSR count). The highest BCUT2D eigenvalue weighted by atomic mass is 19.1. The van der Waals surface area contributed by atoms with Gasteiger partial charge in [-0.2, -0.15) is 5.10 Å². The van der Waals surface area contributed by atoms with Gasteiger partial charge in [0.05, 0.1) is 11.9 Å². The van der Waals surface area contributed by atoms with Crippen molar-refractivity contribution in [2.24, 2.45) is 0 Å². The molecule has 7 heteroatoms. The molecular weight excluding hydrogens is 249 g/mol. The first-order valence-electron chi connectivity index (χ1n) is 5.51. The quantitative estimate of drug-likeness (QED) is 0.706. The van der Waals surface area contributed by atoms with Crippen molar-refractivity contribution >= 4 is 22.7 Å². The van der Waals surface area contributed by atoms with E-state index in [-0.39, 0.29) is 5.69 Å². The largest absolute Gasteiger partial charge is 0.761 e. The molecule has 3 aromatic heterocycles. The van der Waals surface area contributed by atoms with Crippen LogP contribution < -0.4 is 10.8 Å². The molecule has 0 fully saturated rings. The summed E-state index contributed by atoms with van der Waals surface area (Å²) in [4.78, 5) is 4.01. The van der Waals surface area contributed by atoms with Crippen LogP contribution in [0, 0.1) is 11.0 Å². The fourth-order valence-corrected chi connectivity index (χ4v) is 1.76. The van der Waals surface area contributed by atoms with E-state index >= 15 is 0 Å². The molecule has 19 heavy (non-hydrogen) atoms. The maximum atomic E-state index is 14.1. The lowest BCUT2D eigenvalue weighted by atomic mass is 10.3. The third-order valence-electron chi connectivity index (χ3n) is 2.65. The predicted molar refractivity (Wildman–Crippen MR) is 69.7 cm³/mol. The fraction of sp³-hybridized carbons (Fsp3) is 0. The molecule has 0 radical (unpaired) electrons. The smallest absolute Gasteiger partial charge is 0.172 e. The van der Waals surface area contributed by atoms with Crippen molar-refractivity contribution in [2.75, 3.05) is 10.8 Å². The minimum atomic E-state index is -0.428.